The Balaban J connectivity index is 2.30. The molecule has 15 heavy (non-hydrogen) atoms. The van der Waals surface area contributed by atoms with Crippen LogP contribution >= 0.6 is 0 Å². The van der Waals surface area contributed by atoms with Crippen molar-refractivity contribution in [2.24, 2.45) is 5.84 Å². The number of nitrogens with one attached hydrogen (secondary N) is 1. The first-order chi connectivity index (χ1) is 7.38. The summed E-state index contributed by atoms with van der Waals surface area (Å²) in [6.07, 6.45) is 5.25. The molecule has 1 rings (SSSR count). The fraction of sp³-hybridized carbons (Fsp3) is 0.545. The Labute approximate surface area is 90.8 Å². The number of nitrogen functional groups attached to an aromatic ring is 1. The van der Waals surface area contributed by atoms with Gasteiger partial charge in [0.05, 0.1) is 6.61 Å². The van der Waals surface area contributed by atoms with Gasteiger partial charge in [-0.1, -0.05) is 25.8 Å². The van der Waals surface area contributed by atoms with Crippen LogP contribution in [0.2, 0.25) is 0 Å². The lowest BCUT2D eigenvalue weighted by atomic mass is 10.2. The Hall–Kier alpha value is -1.13. The monoisotopic (exact) mass is 209 g/mol. The molecule has 0 fully saturated rings. The van der Waals surface area contributed by atoms with Gasteiger partial charge in [0.2, 0.25) is 0 Å². The van der Waals surface area contributed by atoms with Crippen LogP contribution in [0.3, 0.4) is 0 Å². The number of unbranched alkanes of at least 4 members (excludes halogenated alkanes) is 2. The SMILES string of the molecule is CCCCCOCc1cccnc1NN. The molecule has 1 aromatic heterocycles. The van der Waals surface area contributed by atoms with E-state index in [1.54, 1.807) is 6.20 Å². The molecule has 0 amide bonds. The number of pyridine rings is 1. The Bertz CT molecular complexity index is 278. The summed E-state index contributed by atoms with van der Waals surface area (Å²) in [5.41, 5.74) is 3.55. The highest BCUT2D eigenvalue weighted by atomic mass is 16.5. The second-order valence-electron chi connectivity index (χ2n) is 3.42. The minimum atomic E-state index is 0.567. The molecule has 3 N–H and O–H groups in total. The fourth-order valence-electron chi connectivity index (χ4n) is 1.32. The van der Waals surface area contributed by atoms with Crippen molar-refractivity contribution in [3.63, 3.8) is 0 Å². The number of anilines is 1. The normalized spacial score (nSPS) is 10.3. The Morgan fingerprint density at radius 1 is 1.47 bits per heavy atom. The van der Waals surface area contributed by atoms with Crippen molar-refractivity contribution in [1.82, 2.24) is 4.98 Å². The van der Waals surface area contributed by atoms with Crippen molar-refractivity contribution in [3.05, 3.63) is 23.9 Å². The molecule has 1 aromatic rings. The van der Waals surface area contributed by atoms with Gasteiger partial charge in [-0.05, 0) is 12.5 Å². The summed E-state index contributed by atoms with van der Waals surface area (Å²) in [6, 6.07) is 3.84. The fourth-order valence-corrected chi connectivity index (χ4v) is 1.32. The lowest BCUT2D eigenvalue weighted by molar-refractivity contribution is 0.117. The molecule has 0 bridgehead atoms. The van der Waals surface area contributed by atoms with Gasteiger partial charge in [-0.3, -0.25) is 0 Å². The van der Waals surface area contributed by atoms with E-state index in [0.717, 1.165) is 18.6 Å². The Morgan fingerprint density at radius 3 is 3.07 bits per heavy atom. The third-order valence-electron chi connectivity index (χ3n) is 2.18. The molecule has 0 aliphatic carbocycles. The molecular weight excluding hydrogens is 190 g/mol. The highest BCUT2D eigenvalue weighted by Crippen LogP contribution is 2.11. The maximum atomic E-state index is 5.53. The van der Waals surface area contributed by atoms with Crippen LogP contribution < -0.4 is 11.3 Å². The van der Waals surface area contributed by atoms with Crippen molar-refractivity contribution < 1.29 is 4.74 Å². The number of nitrogens with zero attached hydrogens (tertiary/aromatic N) is 1. The predicted molar refractivity (Wildman–Crippen MR) is 61.2 cm³/mol. The Morgan fingerprint density at radius 2 is 2.33 bits per heavy atom. The van der Waals surface area contributed by atoms with Gasteiger partial charge >= 0.3 is 0 Å². The number of nitrogens with two attached hydrogens (primary N) is 1. The summed E-state index contributed by atoms with van der Waals surface area (Å²) < 4.78 is 5.53. The molecule has 1 heterocycles. The number of ether oxygens (including phenoxy) is 1. The van der Waals surface area contributed by atoms with Crippen molar-refractivity contribution in [1.29, 1.82) is 0 Å². The molecule has 4 nitrogen and oxygen atoms in total. The molecule has 0 aromatic carbocycles. The zero-order valence-electron chi connectivity index (χ0n) is 9.20. The molecule has 0 atom stereocenters. The number of rotatable bonds is 7. The summed E-state index contributed by atoms with van der Waals surface area (Å²) in [6.45, 7) is 3.54. The van der Waals surface area contributed by atoms with Gasteiger partial charge in [0.15, 0.2) is 0 Å². The van der Waals surface area contributed by atoms with Gasteiger partial charge in [0.1, 0.15) is 5.82 Å². The van der Waals surface area contributed by atoms with Crippen LogP contribution in [0.15, 0.2) is 18.3 Å². The number of aromatic nitrogens is 1. The first kappa shape index (κ1) is 11.9. The number of hydrogen-bond donors (Lipinski definition) is 2. The van der Waals surface area contributed by atoms with Gasteiger partial charge in [0.25, 0.3) is 0 Å². The second kappa shape index (κ2) is 7.20. The molecule has 0 saturated heterocycles. The molecule has 0 saturated carbocycles. The standard InChI is InChI=1S/C11H19N3O/c1-2-3-4-8-15-9-10-6-5-7-13-11(10)14-12/h5-7H,2-4,8-9,12H2,1H3,(H,13,14). The van der Waals surface area contributed by atoms with Crippen LogP contribution in [0.4, 0.5) is 5.82 Å². The minimum absolute atomic E-state index is 0.567. The first-order valence-corrected chi connectivity index (χ1v) is 5.36. The lowest BCUT2D eigenvalue weighted by Crippen LogP contribution is -2.11. The zero-order valence-corrected chi connectivity index (χ0v) is 9.20. The van der Waals surface area contributed by atoms with Gasteiger partial charge in [-0.15, -0.1) is 0 Å². The van der Waals surface area contributed by atoms with E-state index in [1.807, 2.05) is 12.1 Å². The summed E-state index contributed by atoms with van der Waals surface area (Å²) in [5.74, 6) is 6.02. The highest BCUT2D eigenvalue weighted by molar-refractivity contribution is 5.41. The van der Waals surface area contributed by atoms with Crippen LogP contribution in [0.5, 0.6) is 0 Å². The maximum Gasteiger partial charge on any atom is 0.145 e. The molecule has 0 spiro atoms. The quantitative estimate of drug-likeness (QED) is 0.410. The van der Waals surface area contributed by atoms with Gasteiger partial charge in [-0.2, -0.15) is 0 Å². The highest BCUT2D eigenvalue weighted by Gasteiger charge is 2.00. The van der Waals surface area contributed by atoms with Crippen molar-refractivity contribution >= 4 is 5.82 Å². The molecule has 0 radical (unpaired) electrons. The van der Waals surface area contributed by atoms with E-state index in [0.29, 0.717) is 12.4 Å². The molecule has 0 unspecified atom stereocenters. The third kappa shape index (κ3) is 4.27. The van der Waals surface area contributed by atoms with E-state index in [1.165, 1.54) is 12.8 Å². The third-order valence-corrected chi connectivity index (χ3v) is 2.18. The smallest absolute Gasteiger partial charge is 0.145 e. The van der Waals surface area contributed by atoms with Crippen LogP contribution in [0.25, 0.3) is 0 Å². The van der Waals surface area contributed by atoms with Crippen LogP contribution in [-0.4, -0.2) is 11.6 Å². The van der Waals surface area contributed by atoms with Crippen LogP contribution in [0.1, 0.15) is 31.7 Å². The van der Waals surface area contributed by atoms with Crippen LogP contribution in [-0.2, 0) is 11.3 Å². The average Bonchev–Trinajstić information content (AvgIpc) is 2.29. The molecule has 84 valence electrons. The molecule has 0 aliphatic rings. The summed E-state index contributed by atoms with van der Waals surface area (Å²) in [7, 11) is 0. The summed E-state index contributed by atoms with van der Waals surface area (Å²) in [5, 5.41) is 0. The maximum absolute atomic E-state index is 5.53. The van der Waals surface area contributed by atoms with Gasteiger partial charge < -0.3 is 10.2 Å². The largest absolute Gasteiger partial charge is 0.377 e. The van der Waals surface area contributed by atoms with E-state index in [2.05, 4.69) is 17.3 Å². The number of hydrazine groups is 1. The summed E-state index contributed by atoms with van der Waals surface area (Å²) in [4.78, 5) is 4.10. The summed E-state index contributed by atoms with van der Waals surface area (Å²) >= 11 is 0. The van der Waals surface area contributed by atoms with Crippen LogP contribution in [0, 0.1) is 0 Å². The second-order valence-corrected chi connectivity index (χ2v) is 3.42. The van der Waals surface area contributed by atoms with E-state index >= 15 is 0 Å². The van der Waals surface area contributed by atoms with Crippen molar-refractivity contribution in [2.45, 2.75) is 32.8 Å². The van der Waals surface area contributed by atoms with E-state index < -0.39 is 0 Å². The van der Waals surface area contributed by atoms with Crippen molar-refractivity contribution in [3.8, 4) is 0 Å². The van der Waals surface area contributed by atoms with Crippen molar-refractivity contribution in [2.75, 3.05) is 12.0 Å². The van der Waals surface area contributed by atoms with Gasteiger partial charge in [0, 0.05) is 18.4 Å². The van der Waals surface area contributed by atoms with E-state index in [4.69, 9.17) is 10.6 Å². The van der Waals surface area contributed by atoms with E-state index in [-0.39, 0.29) is 0 Å². The lowest BCUT2D eigenvalue weighted by Gasteiger charge is -2.07. The predicted octanol–water partition coefficient (Wildman–Crippen LogP) is 2.07. The zero-order chi connectivity index (χ0) is 10.9. The first-order valence-electron chi connectivity index (χ1n) is 5.36. The van der Waals surface area contributed by atoms with Gasteiger partial charge in [-0.25, -0.2) is 10.8 Å². The average molecular weight is 209 g/mol. The minimum Gasteiger partial charge on any atom is -0.377 e. The topological polar surface area (TPSA) is 60.2 Å². The molecule has 0 aliphatic heterocycles. The molecule has 4 heteroatoms. The van der Waals surface area contributed by atoms with E-state index in [9.17, 15) is 0 Å². The number of hydrogen-bond acceptors (Lipinski definition) is 4. The molecular formula is C11H19N3O. The Kier molecular flexibility index (Phi) is 5.73.